The minimum Gasteiger partial charge on any atom is -0.451 e. The lowest BCUT2D eigenvalue weighted by Gasteiger charge is -2.17. The first-order valence-corrected chi connectivity index (χ1v) is 14.5. The SMILES string of the molecule is CCCCC[C@H](CC(=O)NOCc1ccccc1)C(=O)NCNC(=O)c1ccc(-c2cccc(S(N)(=O)=O)c2)o1. The molecule has 0 unspecified atom stereocenters. The lowest BCUT2D eigenvalue weighted by molar-refractivity contribution is -0.139. The van der Waals surface area contributed by atoms with Crippen LogP contribution in [0.4, 0.5) is 0 Å². The molecule has 0 fully saturated rings. The zero-order valence-electron chi connectivity index (χ0n) is 22.2. The number of rotatable bonds is 15. The molecule has 0 saturated heterocycles. The Balaban J connectivity index is 1.50. The Morgan fingerprint density at radius 1 is 0.975 bits per heavy atom. The molecule has 40 heavy (non-hydrogen) atoms. The Bertz CT molecular complexity index is 1390. The smallest absolute Gasteiger partial charge is 0.288 e. The molecule has 2 aromatic carbocycles. The van der Waals surface area contributed by atoms with Gasteiger partial charge < -0.3 is 15.1 Å². The molecule has 214 valence electrons. The van der Waals surface area contributed by atoms with Gasteiger partial charge in [0.25, 0.3) is 5.91 Å². The van der Waals surface area contributed by atoms with Crippen molar-refractivity contribution >= 4 is 27.7 Å². The van der Waals surface area contributed by atoms with E-state index >= 15 is 0 Å². The molecule has 1 aromatic heterocycles. The Labute approximate surface area is 233 Å². The predicted octanol–water partition coefficient (Wildman–Crippen LogP) is 3.23. The molecule has 0 radical (unpaired) electrons. The highest BCUT2D eigenvalue weighted by molar-refractivity contribution is 7.89. The number of benzene rings is 2. The summed E-state index contributed by atoms with van der Waals surface area (Å²) in [5.74, 6) is -1.70. The first kappa shape index (κ1) is 30.5. The van der Waals surface area contributed by atoms with E-state index in [4.69, 9.17) is 14.4 Å². The molecular formula is C28H34N4O7S. The number of sulfonamides is 1. The summed E-state index contributed by atoms with van der Waals surface area (Å²) in [5, 5.41) is 10.4. The van der Waals surface area contributed by atoms with Crippen LogP contribution in [0.5, 0.6) is 0 Å². The molecule has 0 aliphatic rings. The van der Waals surface area contributed by atoms with E-state index in [1.165, 1.54) is 30.3 Å². The molecule has 11 nitrogen and oxygen atoms in total. The largest absolute Gasteiger partial charge is 0.451 e. The minimum atomic E-state index is -3.90. The van der Waals surface area contributed by atoms with Gasteiger partial charge in [0.2, 0.25) is 21.8 Å². The summed E-state index contributed by atoms with van der Waals surface area (Å²) in [4.78, 5) is 43.0. The fraction of sp³-hybridized carbons (Fsp3) is 0.321. The van der Waals surface area contributed by atoms with Gasteiger partial charge in [-0.2, -0.15) is 0 Å². The Hall–Kier alpha value is -4.00. The summed E-state index contributed by atoms with van der Waals surface area (Å²) in [6.07, 6.45) is 3.12. The fourth-order valence-electron chi connectivity index (χ4n) is 3.89. The monoisotopic (exact) mass is 570 g/mol. The van der Waals surface area contributed by atoms with Gasteiger partial charge in [-0.1, -0.05) is 68.7 Å². The molecule has 3 rings (SSSR count). The van der Waals surface area contributed by atoms with E-state index in [-0.39, 0.29) is 42.0 Å². The second-order valence-electron chi connectivity index (χ2n) is 9.16. The van der Waals surface area contributed by atoms with E-state index in [2.05, 4.69) is 16.1 Å². The lowest BCUT2D eigenvalue weighted by Crippen LogP contribution is -2.41. The van der Waals surface area contributed by atoms with Crippen LogP contribution in [0.15, 0.2) is 76.0 Å². The number of furan rings is 1. The predicted molar refractivity (Wildman–Crippen MR) is 148 cm³/mol. The van der Waals surface area contributed by atoms with Crippen LogP contribution in [0.3, 0.4) is 0 Å². The number of hydroxylamine groups is 1. The summed E-state index contributed by atoms with van der Waals surface area (Å²) in [5.41, 5.74) is 3.72. The van der Waals surface area contributed by atoms with Crippen LogP contribution in [0.25, 0.3) is 11.3 Å². The summed E-state index contributed by atoms with van der Waals surface area (Å²) < 4.78 is 28.8. The number of carbonyl (C=O) groups is 3. The number of primary sulfonamides is 1. The standard InChI is InChI=1S/C28H34N4O7S/c1-2-3-5-11-22(17-26(33)32-38-18-20-9-6-4-7-10-20)27(34)30-19-31-28(35)25-15-14-24(39-25)21-12-8-13-23(16-21)40(29,36)37/h4,6-10,12-16,22H,2-3,5,11,17-19H2,1H3,(H,30,34)(H,31,35)(H,32,33)(H2,29,36,37)/t22-/m1/s1. The van der Waals surface area contributed by atoms with Crippen molar-refractivity contribution in [2.24, 2.45) is 11.1 Å². The summed E-state index contributed by atoms with van der Waals surface area (Å²) in [6, 6.07) is 18.2. The normalized spacial score (nSPS) is 11.9. The van der Waals surface area contributed by atoms with Gasteiger partial charge in [0, 0.05) is 17.9 Å². The van der Waals surface area contributed by atoms with Crippen LogP contribution in [0.2, 0.25) is 0 Å². The number of unbranched alkanes of at least 4 members (excludes halogenated alkanes) is 2. The van der Waals surface area contributed by atoms with Gasteiger partial charge in [0.15, 0.2) is 5.76 Å². The molecule has 3 amide bonds. The van der Waals surface area contributed by atoms with Crippen molar-refractivity contribution < 1.29 is 32.1 Å². The average Bonchev–Trinajstić information content (AvgIpc) is 3.43. The topological polar surface area (TPSA) is 170 Å². The lowest BCUT2D eigenvalue weighted by atomic mass is 9.96. The quantitative estimate of drug-likeness (QED) is 0.123. The summed E-state index contributed by atoms with van der Waals surface area (Å²) in [7, 11) is -3.90. The van der Waals surface area contributed by atoms with Gasteiger partial charge in [0.05, 0.1) is 18.2 Å². The van der Waals surface area contributed by atoms with E-state index in [9.17, 15) is 22.8 Å². The maximum absolute atomic E-state index is 12.8. The number of hydrogen-bond acceptors (Lipinski definition) is 7. The molecule has 0 spiro atoms. The molecule has 3 aromatic rings. The van der Waals surface area contributed by atoms with Crippen molar-refractivity contribution in [2.75, 3.05) is 6.67 Å². The number of amides is 3. The summed E-state index contributed by atoms with van der Waals surface area (Å²) >= 11 is 0. The number of hydrogen-bond donors (Lipinski definition) is 4. The Kier molecular flexibility index (Phi) is 11.4. The van der Waals surface area contributed by atoms with E-state index in [1.54, 1.807) is 6.07 Å². The third-order valence-electron chi connectivity index (χ3n) is 6.01. The zero-order chi connectivity index (χ0) is 29.0. The van der Waals surface area contributed by atoms with Gasteiger partial charge in [0.1, 0.15) is 5.76 Å². The van der Waals surface area contributed by atoms with Crippen molar-refractivity contribution in [1.82, 2.24) is 16.1 Å². The maximum atomic E-state index is 12.8. The van der Waals surface area contributed by atoms with E-state index in [0.717, 1.165) is 24.8 Å². The van der Waals surface area contributed by atoms with Crippen LogP contribution < -0.4 is 21.3 Å². The van der Waals surface area contributed by atoms with Crippen molar-refractivity contribution in [2.45, 2.75) is 50.5 Å². The van der Waals surface area contributed by atoms with Crippen LogP contribution in [-0.2, 0) is 31.1 Å². The number of carbonyl (C=O) groups excluding carboxylic acids is 3. The van der Waals surface area contributed by atoms with Gasteiger partial charge in [-0.3, -0.25) is 19.2 Å². The Morgan fingerprint density at radius 2 is 1.75 bits per heavy atom. The third kappa shape index (κ3) is 9.63. The first-order chi connectivity index (χ1) is 19.2. The van der Waals surface area contributed by atoms with Crippen LogP contribution in [-0.4, -0.2) is 32.8 Å². The molecular weight excluding hydrogens is 536 g/mol. The molecule has 0 aliphatic heterocycles. The van der Waals surface area contributed by atoms with Crippen LogP contribution >= 0.6 is 0 Å². The number of nitrogens with one attached hydrogen (secondary N) is 3. The van der Waals surface area contributed by atoms with E-state index in [0.29, 0.717) is 12.0 Å². The van der Waals surface area contributed by atoms with Crippen LogP contribution in [0.1, 0.15) is 55.1 Å². The highest BCUT2D eigenvalue weighted by Crippen LogP contribution is 2.24. The highest BCUT2D eigenvalue weighted by atomic mass is 32.2. The van der Waals surface area contributed by atoms with Crippen molar-refractivity contribution in [1.29, 1.82) is 0 Å². The van der Waals surface area contributed by atoms with Gasteiger partial charge in [-0.25, -0.2) is 19.0 Å². The fourth-order valence-corrected chi connectivity index (χ4v) is 4.45. The molecule has 0 bridgehead atoms. The molecule has 1 atom stereocenters. The molecule has 0 aliphatic carbocycles. The second kappa shape index (κ2) is 15.0. The minimum absolute atomic E-state index is 0.0281. The molecule has 1 heterocycles. The van der Waals surface area contributed by atoms with Gasteiger partial charge in [-0.15, -0.1) is 0 Å². The Morgan fingerprint density at radius 3 is 2.48 bits per heavy atom. The molecule has 5 N–H and O–H groups in total. The van der Waals surface area contributed by atoms with E-state index in [1.807, 2.05) is 37.3 Å². The van der Waals surface area contributed by atoms with E-state index < -0.39 is 27.8 Å². The van der Waals surface area contributed by atoms with Crippen molar-refractivity contribution in [3.05, 3.63) is 78.1 Å². The second-order valence-corrected chi connectivity index (χ2v) is 10.7. The highest BCUT2D eigenvalue weighted by Gasteiger charge is 2.22. The zero-order valence-corrected chi connectivity index (χ0v) is 23.0. The summed E-state index contributed by atoms with van der Waals surface area (Å²) in [6.45, 7) is 2.08. The van der Waals surface area contributed by atoms with Crippen molar-refractivity contribution in [3.63, 3.8) is 0 Å². The van der Waals surface area contributed by atoms with Crippen LogP contribution in [0, 0.1) is 5.92 Å². The average molecular weight is 571 g/mol. The van der Waals surface area contributed by atoms with Gasteiger partial charge >= 0.3 is 0 Å². The molecule has 0 saturated carbocycles. The maximum Gasteiger partial charge on any atom is 0.288 e. The third-order valence-corrected chi connectivity index (χ3v) is 6.93. The molecule has 12 heteroatoms. The number of nitrogens with two attached hydrogens (primary N) is 1. The van der Waals surface area contributed by atoms with Gasteiger partial charge in [-0.05, 0) is 36.2 Å². The van der Waals surface area contributed by atoms with Crippen molar-refractivity contribution in [3.8, 4) is 11.3 Å². The first-order valence-electron chi connectivity index (χ1n) is 12.9.